The minimum Gasteiger partial charge on any atom is -0.327 e. The van der Waals surface area contributed by atoms with Crippen molar-refractivity contribution in [2.45, 2.75) is 38.1 Å². The summed E-state index contributed by atoms with van der Waals surface area (Å²) in [7, 11) is 0. The fourth-order valence-corrected chi connectivity index (χ4v) is 4.43. The minimum atomic E-state index is -0.457. The number of nitro groups is 1. The zero-order valence-electron chi connectivity index (χ0n) is 14.2. The summed E-state index contributed by atoms with van der Waals surface area (Å²) in [6, 6.07) is 4.65. The van der Waals surface area contributed by atoms with Crippen molar-refractivity contribution in [1.29, 1.82) is 0 Å². The first-order chi connectivity index (χ1) is 12.0. The molecule has 1 aromatic heterocycles. The SMILES string of the molecule is Cl.NC1C2CCCC1CC(C(=O)Nc1n[nH]c3ccc([N+](=O)[O-])cc13)C2. The van der Waals surface area contributed by atoms with Gasteiger partial charge in [0.15, 0.2) is 5.82 Å². The van der Waals surface area contributed by atoms with Crippen molar-refractivity contribution in [1.82, 2.24) is 10.2 Å². The van der Waals surface area contributed by atoms with Crippen molar-refractivity contribution in [2.75, 3.05) is 5.32 Å². The predicted octanol–water partition coefficient (Wildman–Crippen LogP) is 2.99. The molecule has 0 spiro atoms. The van der Waals surface area contributed by atoms with Gasteiger partial charge in [-0.05, 0) is 43.6 Å². The molecule has 1 heterocycles. The van der Waals surface area contributed by atoms with Crippen LogP contribution in [0.15, 0.2) is 18.2 Å². The van der Waals surface area contributed by atoms with E-state index in [0.29, 0.717) is 28.6 Å². The molecule has 2 aliphatic carbocycles. The van der Waals surface area contributed by atoms with Crippen LogP contribution in [0, 0.1) is 27.9 Å². The number of halogens is 1. The topological polar surface area (TPSA) is 127 Å². The smallest absolute Gasteiger partial charge is 0.270 e. The number of aromatic amines is 1. The third-order valence-corrected chi connectivity index (χ3v) is 5.78. The fraction of sp³-hybridized carbons (Fsp3) is 0.529. The van der Waals surface area contributed by atoms with Gasteiger partial charge in [-0.3, -0.25) is 20.0 Å². The number of carbonyl (C=O) groups excluding carboxylic acids is 1. The van der Waals surface area contributed by atoms with Crippen LogP contribution in [0.4, 0.5) is 11.5 Å². The summed E-state index contributed by atoms with van der Waals surface area (Å²) in [6.07, 6.45) is 5.01. The molecule has 1 aromatic carbocycles. The number of hydrogen-bond donors (Lipinski definition) is 3. The van der Waals surface area contributed by atoms with Crippen LogP contribution < -0.4 is 11.1 Å². The van der Waals surface area contributed by atoms with Crippen molar-refractivity contribution in [2.24, 2.45) is 23.5 Å². The molecular weight excluding hydrogens is 358 g/mol. The van der Waals surface area contributed by atoms with Crippen LogP contribution in [0.2, 0.25) is 0 Å². The normalized spacial score (nSPS) is 27.6. The molecule has 8 nitrogen and oxygen atoms in total. The molecule has 2 atom stereocenters. The Hall–Kier alpha value is -2.19. The molecule has 0 radical (unpaired) electrons. The van der Waals surface area contributed by atoms with Gasteiger partial charge in [-0.1, -0.05) is 6.42 Å². The number of nitrogens with two attached hydrogens (primary N) is 1. The Balaban J connectivity index is 0.00000196. The quantitative estimate of drug-likeness (QED) is 0.558. The summed E-state index contributed by atoms with van der Waals surface area (Å²) >= 11 is 0. The lowest BCUT2D eigenvalue weighted by Gasteiger charge is -2.43. The third-order valence-electron chi connectivity index (χ3n) is 5.78. The van der Waals surface area contributed by atoms with Gasteiger partial charge < -0.3 is 11.1 Å². The second-order valence-corrected chi connectivity index (χ2v) is 7.25. The number of nitro benzene ring substituents is 1. The van der Waals surface area contributed by atoms with E-state index in [1.54, 1.807) is 6.07 Å². The van der Waals surface area contributed by atoms with E-state index in [1.807, 2.05) is 0 Å². The average Bonchev–Trinajstić information content (AvgIpc) is 2.96. The second kappa shape index (κ2) is 7.20. The van der Waals surface area contributed by atoms with Crippen molar-refractivity contribution >= 4 is 40.7 Å². The van der Waals surface area contributed by atoms with Crippen molar-refractivity contribution in [3.8, 4) is 0 Å². The van der Waals surface area contributed by atoms with E-state index in [4.69, 9.17) is 5.73 Å². The maximum Gasteiger partial charge on any atom is 0.270 e. The first kappa shape index (κ1) is 18.6. The van der Waals surface area contributed by atoms with Gasteiger partial charge in [-0.2, -0.15) is 5.10 Å². The molecule has 9 heteroatoms. The van der Waals surface area contributed by atoms with E-state index in [2.05, 4.69) is 15.5 Å². The lowest BCUT2D eigenvalue weighted by atomic mass is 9.65. The van der Waals surface area contributed by atoms with E-state index < -0.39 is 4.92 Å². The fourth-order valence-electron chi connectivity index (χ4n) is 4.43. The molecule has 2 fully saturated rings. The van der Waals surface area contributed by atoms with E-state index in [-0.39, 0.29) is 36.0 Å². The zero-order valence-corrected chi connectivity index (χ0v) is 15.0. The van der Waals surface area contributed by atoms with E-state index in [1.165, 1.54) is 18.6 Å². The molecule has 2 bridgehead atoms. The lowest BCUT2D eigenvalue weighted by molar-refractivity contribution is -0.384. The number of aromatic nitrogens is 2. The molecule has 4 rings (SSSR count). The summed E-state index contributed by atoms with van der Waals surface area (Å²) in [5.41, 5.74) is 6.92. The van der Waals surface area contributed by atoms with Gasteiger partial charge in [0.25, 0.3) is 5.69 Å². The molecule has 26 heavy (non-hydrogen) atoms. The maximum absolute atomic E-state index is 12.7. The number of amides is 1. The van der Waals surface area contributed by atoms with Crippen LogP contribution >= 0.6 is 12.4 Å². The van der Waals surface area contributed by atoms with Crippen LogP contribution in [-0.2, 0) is 4.79 Å². The van der Waals surface area contributed by atoms with Gasteiger partial charge in [0.2, 0.25) is 5.91 Å². The molecule has 2 aliphatic rings. The van der Waals surface area contributed by atoms with Crippen LogP contribution in [0.25, 0.3) is 10.9 Å². The van der Waals surface area contributed by atoms with Crippen molar-refractivity contribution in [3.05, 3.63) is 28.3 Å². The number of rotatable bonds is 3. The number of nitrogens with one attached hydrogen (secondary N) is 2. The third kappa shape index (κ3) is 3.26. The number of nitrogens with zero attached hydrogens (tertiary/aromatic N) is 2. The van der Waals surface area contributed by atoms with Gasteiger partial charge in [-0.15, -0.1) is 12.4 Å². The summed E-state index contributed by atoms with van der Waals surface area (Å²) in [6.45, 7) is 0. The second-order valence-electron chi connectivity index (χ2n) is 7.25. The standard InChI is InChI=1S/C17H21N5O3.ClH/c18-15-9-2-1-3-10(15)7-11(6-9)17(23)19-16-13-8-12(22(24)25)4-5-14(13)20-21-16;/h4-5,8-11,15H,1-3,6-7,18H2,(H2,19,20,21,23);1H. The van der Waals surface area contributed by atoms with Gasteiger partial charge in [0, 0.05) is 24.1 Å². The monoisotopic (exact) mass is 379 g/mol. The Kier molecular flexibility index (Phi) is 5.15. The van der Waals surface area contributed by atoms with E-state index in [9.17, 15) is 14.9 Å². The molecule has 4 N–H and O–H groups in total. The van der Waals surface area contributed by atoms with E-state index >= 15 is 0 Å². The van der Waals surface area contributed by atoms with Crippen molar-refractivity contribution < 1.29 is 9.72 Å². The Labute approximate surface area is 156 Å². The molecule has 140 valence electrons. The van der Waals surface area contributed by atoms with Gasteiger partial charge >= 0.3 is 0 Å². The number of anilines is 1. The lowest BCUT2D eigenvalue weighted by Crippen LogP contribution is -2.48. The van der Waals surface area contributed by atoms with Gasteiger partial charge in [0.1, 0.15) is 0 Å². The molecule has 0 aliphatic heterocycles. The highest BCUT2D eigenvalue weighted by Crippen LogP contribution is 2.42. The first-order valence-electron chi connectivity index (χ1n) is 8.72. The minimum absolute atomic E-state index is 0. The predicted molar refractivity (Wildman–Crippen MR) is 100 cm³/mol. The van der Waals surface area contributed by atoms with Gasteiger partial charge in [-0.25, -0.2) is 0 Å². The molecule has 2 aromatic rings. The number of non-ortho nitro benzene ring substituents is 1. The van der Waals surface area contributed by atoms with E-state index in [0.717, 1.165) is 25.7 Å². The molecular formula is C17H22ClN5O3. The highest BCUT2D eigenvalue weighted by atomic mass is 35.5. The van der Waals surface area contributed by atoms with Crippen molar-refractivity contribution in [3.63, 3.8) is 0 Å². The number of H-pyrrole nitrogens is 1. The largest absolute Gasteiger partial charge is 0.327 e. The Morgan fingerprint density at radius 2 is 2.00 bits per heavy atom. The summed E-state index contributed by atoms with van der Waals surface area (Å²) in [5.74, 6) is 1.05. The Morgan fingerprint density at radius 1 is 1.31 bits per heavy atom. The highest BCUT2D eigenvalue weighted by molar-refractivity contribution is 6.01. The Bertz CT molecular complexity index is 825. The summed E-state index contributed by atoms with van der Waals surface area (Å²) in [4.78, 5) is 23.2. The molecule has 0 saturated heterocycles. The molecule has 2 unspecified atom stereocenters. The Morgan fingerprint density at radius 3 is 2.65 bits per heavy atom. The maximum atomic E-state index is 12.7. The van der Waals surface area contributed by atoms with Gasteiger partial charge in [0.05, 0.1) is 15.8 Å². The number of carbonyl (C=O) groups is 1. The summed E-state index contributed by atoms with van der Waals surface area (Å²) in [5, 5.41) is 21.3. The number of fused-ring (bicyclic) bond motifs is 3. The van der Waals surface area contributed by atoms with Crippen LogP contribution in [-0.4, -0.2) is 27.1 Å². The zero-order chi connectivity index (χ0) is 17.6. The molecule has 2 saturated carbocycles. The highest BCUT2D eigenvalue weighted by Gasteiger charge is 2.40. The average molecular weight is 380 g/mol. The number of hydrogen-bond acceptors (Lipinski definition) is 5. The van der Waals surface area contributed by atoms with Crippen LogP contribution in [0.1, 0.15) is 32.1 Å². The first-order valence-corrected chi connectivity index (χ1v) is 8.72. The molecule has 1 amide bonds. The van der Waals surface area contributed by atoms with Crippen LogP contribution in [0.3, 0.4) is 0 Å². The van der Waals surface area contributed by atoms with Crippen LogP contribution in [0.5, 0.6) is 0 Å². The summed E-state index contributed by atoms with van der Waals surface area (Å²) < 4.78 is 0. The number of benzene rings is 1.